The van der Waals surface area contributed by atoms with Crippen LogP contribution in [0.5, 0.6) is 0 Å². The quantitative estimate of drug-likeness (QED) is 0.352. The van der Waals surface area contributed by atoms with Crippen LogP contribution < -0.4 is 10.6 Å². The van der Waals surface area contributed by atoms with Gasteiger partial charge in [0.25, 0.3) is 0 Å². The maximum atomic E-state index is 12.1. The van der Waals surface area contributed by atoms with Crippen LogP contribution in [-0.4, -0.2) is 46.9 Å². The van der Waals surface area contributed by atoms with Crippen LogP contribution in [-0.2, 0) is 27.4 Å². The van der Waals surface area contributed by atoms with E-state index in [1.165, 1.54) is 0 Å². The zero-order valence-corrected chi connectivity index (χ0v) is 18.2. The van der Waals surface area contributed by atoms with Crippen molar-refractivity contribution >= 4 is 40.6 Å². The Morgan fingerprint density at radius 1 is 1.03 bits per heavy atom. The van der Waals surface area contributed by atoms with E-state index in [0.29, 0.717) is 0 Å². The molecule has 0 aliphatic heterocycles. The van der Waals surface area contributed by atoms with Gasteiger partial charge in [0.15, 0.2) is 0 Å². The number of carboxylic acids is 1. The molecule has 0 aliphatic rings. The zero-order chi connectivity index (χ0) is 21.9. The van der Waals surface area contributed by atoms with E-state index in [0.717, 1.165) is 14.7 Å². The molecular formula is C21H23IN2O6. The molecule has 2 aromatic carbocycles. The van der Waals surface area contributed by atoms with Gasteiger partial charge in [-0.15, -0.1) is 0 Å². The minimum atomic E-state index is -1.18. The Morgan fingerprint density at radius 3 is 2.37 bits per heavy atom. The Balaban J connectivity index is 1.74. The van der Waals surface area contributed by atoms with Crippen molar-refractivity contribution in [2.45, 2.75) is 31.6 Å². The van der Waals surface area contributed by atoms with Crippen molar-refractivity contribution in [1.82, 2.24) is 10.6 Å². The lowest BCUT2D eigenvalue weighted by Gasteiger charge is -2.17. The Morgan fingerprint density at radius 2 is 1.70 bits per heavy atom. The van der Waals surface area contributed by atoms with Gasteiger partial charge in [0.05, 0.1) is 12.5 Å². The van der Waals surface area contributed by atoms with E-state index >= 15 is 0 Å². The van der Waals surface area contributed by atoms with Crippen LogP contribution >= 0.6 is 22.6 Å². The van der Waals surface area contributed by atoms with Gasteiger partial charge in [-0.05, 0) is 39.8 Å². The number of hydrogen-bond acceptors (Lipinski definition) is 5. The summed E-state index contributed by atoms with van der Waals surface area (Å²) in [6, 6.07) is 15.3. The number of halogens is 1. The van der Waals surface area contributed by atoms with Gasteiger partial charge in [0.1, 0.15) is 12.6 Å². The van der Waals surface area contributed by atoms with Gasteiger partial charge >= 0.3 is 12.1 Å². The number of aliphatic carboxylic acids is 1. The second-order valence-electron chi connectivity index (χ2n) is 6.55. The molecule has 30 heavy (non-hydrogen) atoms. The van der Waals surface area contributed by atoms with Crippen molar-refractivity contribution in [3.63, 3.8) is 0 Å². The lowest BCUT2D eigenvalue weighted by molar-refractivity contribution is -0.142. The van der Waals surface area contributed by atoms with Crippen molar-refractivity contribution in [1.29, 1.82) is 0 Å². The van der Waals surface area contributed by atoms with E-state index in [4.69, 9.17) is 4.74 Å². The lowest BCUT2D eigenvalue weighted by atomic mass is 10.1. The molecule has 0 aromatic heterocycles. The summed E-state index contributed by atoms with van der Waals surface area (Å²) in [4.78, 5) is 35.3. The van der Waals surface area contributed by atoms with Crippen LogP contribution in [0.4, 0.5) is 4.79 Å². The average molecular weight is 526 g/mol. The van der Waals surface area contributed by atoms with Gasteiger partial charge in [-0.25, -0.2) is 9.59 Å². The maximum Gasteiger partial charge on any atom is 0.407 e. The maximum absolute atomic E-state index is 12.1. The molecule has 2 rings (SSSR count). The molecule has 2 atom stereocenters. The summed E-state index contributed by atoms with van der Waals surface area (Å²) in [5.74, 6) is -1.79. The first-order chi connectivity index (χ1) is 14.3. The largest absolute Gasteiger partial charge is 0.480 e. The predicted octanol–water partition coefficient (Wildman–Crippen LogP) is 2.08. The molecule has 0 spiro atoms. The molecule has 0 aliphatic carbocycles. The van der Waals surface area contributed by atoms with Gasteiger partial charge < -0.3 is 25.6 Å². The van der Waals surface area contributed by atoms with Crippen LogP contribution in [0.3, 0.4) is 0 Å². The summed E-state index contributed by atoms with van der Waals surface area (Å²) in [7, 11) is 0. The summed E-state index contributed by atoms with van der Waals surface area (Å²) in [5.41, 5.74) is 1.62. The van der Waals surface area contributed by atoms with Crippen molar-refractivity contribution < 1.29 is 29.3 Å². The van der Waals surface area contributed by atoms with Crippen LogP contribution in [0.25, 0.3) is 0 Å². The minimum absolute atomic E-state index is 0.0852. The average Bonchev–Trinajstić information content (AvgIpc) is 2.72. The topological polar surface area (TPSA) is 125 Å². The number of carbonyl (C=O) groups is 3. The van der Waals surface area contributed by atoms with Gasteiger partial charge in [-0.1, -0.05) is 48.5 Å². The summed E-state index contributed by atoms with van der Waals surface area (Å²) >= 11 is 2.10. The van der Waals surface area contributed by atoms with Crippen molar-refractivity contribution in [2.75, 3.05) is 6.54 Å². The number of amides is 2. The Labute approximate surface area is 187 Å². The number of rotatable bonds is 10. The molecule has 0 heterocycles. The fourth-order valence-corrected chi connectivity index (χ4v) is 3.21. The van der Waals surface area contributed by atoms with Crippen LogP contribution in [0, 0.1) is 3.57 Å². The van der Waals surface area contributed by atoms with Crippen molar-refractivity contribution in [3.8, 4) is 0 Å². The molecule has 2 amide bonds. The number of carbonyl (C=O) groups excluding carboxylic acids is 2. The van der Waals surface area contributed by atoms with E-state index in [1.54, 1.807) is 12.1 Å². The smallest absolute Gasteiger partial charge is 0.407 e. The number of nitrogens with one attached hydrogen (secondary N) is 2. The number of aliphatic hydroxyl groups is 1. The van der Waals surface area contributed by atoms with Crippen LogP contribution in [0.1, 0.15) is 17.5 Å². The predicted molar refractivity (Wildman–Crippen MR) is 118 cm³/mol. The molecular weight excluding hydrogens is 503 g/mol. The molecule has 2 aromatic rings. The molecule has 8 nitrogen and oxygen atoms in total. The SMILES string of the molecule is O=C(C[C@H](O)CNC(=O)OCc1ccccc1)N[C@@H](Cc1ccccc1I)C(=O)O. The van der Waals surface area contributed by atoms with Crippen molar-refractivity contribution in [2.24, 2.45) is 0 Å². The Bertz CT molecular complexity index is 862. The number of ether oxygens (including phenoxy) is 1. The molecule has 0 unspecified atom stereocenters. The molecule has 0 saturated carbocycles. The number of alkyl carbamates (subject to hydrolysis) is 1. The van der Waals surface area contributed by atoms with Crippen molar-refractivity contribution in [3.05, 3.63) is 69.3 Å². The van der Waals surface area contributed by atoms with E-state index in [2.05, 4.69) is 33.2 Å². The third kappa shape index (κ3) is 8.37. The molecule has 160 valence electrons. The third-order valence-electron chi connectivity index (χ3n) is 4.13. The first-order valence-corrected chi connectivity index (χ1v) is 10.3. The molecule has 4 N–H and O–H groups in total. The first-order valence-electron chi connectivity index (χ1n) is 9.23. The van der Waals surface area contributed by atoms with Gasteiger partial charge in [0.2, 0.25) is 5.91 Å². The van der Waals surface area contributed by atoms with Gasteiger partial charge in [-0.3, -0.25) is 4.79 Å². The Kier molecular flexibility index (Phi) is 9.55. The highest BCUT2D eigenvalue weighted by atomic mass is 127. The van der Waals surface area contributed by atoms with Crippen LogP contribution in [0.2, 0.25) is 0 Å². The Hall–Kier alpha value is -2.66. The lowest BCUT2D eigenvalue weighted by Crippen LogP contribution is -2.44. The molecule has 0 fully saturated rings. The summed E-state index contributed by atoms with van der Waals surface area (Å²) in [6.45, 7) is -0.114. The van der Waals surface area contributed by atoms with E-state index < -0.39 is 30.1 Å². The van der Waals surface area contributed by atoms with Crippen LogP contribution in [0.15, 0.2) is 54.6 Å². The number of hydrogen-bond donors (Lipinski definition) is 4. The molecule has 9 heteroatoms. The summed E-state index contributed by atoms with van der Waals surface area (Å²) in [5, 5.41) is 24.1. The van der Waals surface area contributed by atoms with Gasteiger partial charge in [0, 0.05) is 16.5 Å². The standard InChI is InChI=1S/C21H23IN2O6/c22-17-9-5-4-8-15(17)10-18(20(27)28)24-19(26)11-16(25)12-23-21(29)30-13-14-6-2-1-3-7-14/h1-9,16,18,25H,10-13H2,(H,23,29)(H,24,26)(H,27,28)/t16-,18-/m0/s1. The second kappa shape index (κ2) is 12.1. The minimum Gasteiger partial charge on any atom is -0.480 e. The second-order valence-corrected chi connectivity index (χ2v) is 7.72. The number of carboxylic acid groups (broad SMARTS) is 1. The fourth-order valence-electron chi connectivity index (χ4n) is 2.60. The van der Waals surface area contributed by atoms with Gasteiger partial charge in [-0.2, -0.15) is 0 Å². The normalized spacial score (nSPS) is 12.5. The van der Waals surface area contributed by atoms with E-state index in [-0.39, 0.29) is 26.0 Å². The molecule has 0 saturated heterocycles. The monoisotopic (exact) mass is 526 g/mol. The molecule has 0 radical (unpaired) electrons. The first kappa shape index (κ1) is 23.6. The highest BCUT2D eigenvalue weighted by molar-refractivity contribution is 14.1. The summed E-state index contributed by atoms with van der Waals surface area (Å²) in [6.07, 6.45) is -2.13. The summed E-state index contributed by atoms with van der Waals surface area (Å²) < 4.78 is 5.91. The third-order valence-corrected chi connectivity index (χ3v) is 5.18. The highest BCUT2D eigenvalue weighted by Crippen LogP contribution is 2.14. The highest BCUT2D eigenvalue weighted by Gasteiger charge is 2.22. The van der Waals surface area contributed by atoms with E-state index in [1.807, 2.05) is 42.5 Å². The fraction of sp³-hybridized carbons (Fsp3) is 0.286. The molecule has 0 bridgehead atoms. The number of aliphatic hydroxyl groups excluding tert-OH is 1. The number of benzene rings is 2. The van der Waals surface area contributed by atoms with E-state index in [9.17, 15) is 24.6 Å². The zero-order valence-electron chi connectivity index (χ0n) is 16.1.